The maximum atomic E-state index is 11.9. The van der Waals surface area contributed by atoms with E-state index in [-0.39, 0.29) is 23.6 Å². The second kappa shape index (κ2) is 6.58. The Balaban J connectivity index is 1.76. The fraction of sp³-hybridized carbons (Fsp3) is 0.333. The van der Waals surface area contributed by atoms with Crippen molar-refractivity contribution in [1.29, 1.82) is 0 Å². The number of β-lactam (4-membered cyclic amide) rings is 1. The van der Waals surface area contributed by atoms with Crippen molar-refractivity contribution in [1.82, 2.24) is 4.90 Å². The first-order valence-electron chi connectivity index (χ1n) is 7.12. The van der Waals surface area contributed by atoms with Gasteiger partial charge in [-0.1, -0.05) is 0 Å². The highest BCUT2D eigenvalue weighted by atomic mass is 32.2. The summed E-state index contributed by atoms with van der Waals surface area (Å²) in [5.41, 5.74) is 6.21. The highest BCUT2D eigenvalue weighted by Gasteiger charge is 2.51. The number of carbonyl (C=O) groups is 2. The van der Waals surface area contributed by atoms with Crippen LogP contribution in [0.1, 0.15) is 0 Å². The quantitative estimate of drug-likeness (QED) is 0.723. The number of carboxylic acid groups (broad SMARTS) is 1. The van der Waals surface area contributed by atoms with Crippen LogP contribution in [0.3, 0.4) is 0 Å². The Morgan fingerprint density at radius 3 is 2.71 bits per heavy atom. The molecule has 9 heteroatoms. The maximum absolute atomic E-state index is 11.9. The van der Waals surface area contributed by atoms with E-state index >= 15 is 0 Å². The predicted molar refractivity (Wildman–Crippen MR) is 90.0 cm³/mol. The van der Waals surface area contributed by atoms with Gasteiger partial charge in [0.2, 0.25) is 5.91 Å². The lowest BCUT2D eigenvalue weighted by Crippen LogP contribution is -2.68. The van der Waals surface area contributed by atoms with Crippen LogP contribution in [0.15, 0.2) is 40.4 Å². The van der Waals surface area contributed by atoms with Crippen molar-refractivity contribution in [2.45, 2.75) is 16.3 Å². The molecule has 1 aromatic rings. The van der Waals surface area contributed by atoms with E-state index in [1.807, 2.05) is 0 Å². The van der Waals surface area contributed by atoms with Gasteiger partial charge in [-0.25, -0.2) is 4.79 Å². The van der Waals surface area contributed by atoms with Crippen LogP contribution in [0.4, 0.5) is 0 Å². The molecule has 3 atom stereocenters. The second-order valence-electron chi connectivity index (χ2n) is 5.41. The first-order chi connectivity index (χ1) is 11.4. The van der Waals surface area contributed by atoms with Gasteiger partial charge in [0.05, 0.1) is 0 Å². The van der Waals surface area contributed by atoms with Crippen LogP contribution < -0.4 is 10.5 Å². The first kappa shape index (κ1) is 17.0. The van der Waals surface area contributed by atoms with E-state index in [4.69, 9.17) is 10.5 Å². The molecule has 0 radical (unpaired) electrons. The predicted octanol–water partition coefficient (Wildman–Crippen LogP) is 0.384. The second-order valence-corrected chi connectivity index (χ2v) is 7.89. The fourth-order valence-electron chi connectivity index (χ4n) is 2.59. The van der Waals surface area contributed by atoms with E-state index in [1.165, 1.54) is 16.7 Å². The van der Waals surface area contributed by atoms with Gasteiger partial charge in [-0.3, -0.25) is 13.9 Å². The maximum Gasteiger partial charge on any atom is 0.352 e. The molecule has 7 nitrogen and oxygen atoms in total. The summed E-state index contributed by atoms with van der Waals surface area (Å²) >= 11 is 1.43. The van der Waals surface area contributed by atoms with Crippen LogP contribution in [0.2, 0.25) is 0 Å². The number of hydrogen-bond acceptors (Lipinski definition) is 6. The number of thioether (sulfide) groups is 1. The lowest BCUT2D eigenvalue weighted by atomic mass is 10.0. The van der Waals surface area contributed by atoms with Gasteiger partial charge in [0.15, 0.2) is 0 Å². The van der Waals surface area contributed by atoms with Crippen molar-refractivity contribution in [3.8, 4) is 5.75 Å². The van der Waals surface area contributed by atoms with E-state index in [1.54, 1.807) is 30.5 Å². The third-order valence-corrected chi connectivity index (χ3v) is 6.16. The summed E-state index contributed by atoms with van der Waals surface area (Å²) in [6, 6.07) is 6.11. The third kappa shape index (κ3) is 2.94. The molecule has 0 spiro atoms. The smallest absolute Gasteiger partial charge is 0.352 e. The molecule has 3 N–H and O–H groups in total. The standard InChI is InChI=1S/C15H16N2O5S2/c1-24(21)10-4-2-9(3-5-10)22-6-8-7-23-14-11(16)13(18)17(14)12(8)15(19)20/h2-5,11,14H,6-7,16H2,1H3,(H,19,20)/t11?,14-,24?/m1/s1. The third-order valence-electron chi connectivity index (χ3n) is 3.86. The summed E-state index contributed by atoms with van der Waals surface area (Å²) in [6.07, 6.45) is 1.59. The van der Waals surface area contributed by atoms with Crippen LogP contribution in [-0.4, -0.2) is 56.1 Å². The molecular weight excluding hydrogens is 352 g/mol. The van der Waals surface area contributed by atoms with Crippen LogP contribution in [-0.2, 0) is 20.4 Å². The van der Waals surface area contributed by atoms with Gasteiger partial charge < -0.3 is 15.6 Å². The average molecular weight is 368 g/mol. The number of carboxylic acids is 1. The van der Waals surface area contributed by atoms with Crippen molar-refractivity contribution >= 4 is 34.4 Å². The van der Waals surface area contributed by atoms with Crippen LogP contribution in [0.5, 0.6) is 5.75 Å². The molecule has 0 saturated carbocycles. The van der Waals surface area contributed by atoms with Gasteiger partial charge >= 0.3 is 5.97 Å². The lowest BCUT2D eigenvalue weighted by Gasteiger charge is -2.47. The van der Waals surface area contributed by atoms with E-state index in [2.05, 4.69) is 0 Å². The molecule has 128 valence electrons. The number of hydrogen-bond donors (Lipinski definition) is 2. The number of amides is 1. The Bertz CT molecular complexity index is 747. The highest BCUT2D eigenvalue weighted by Crippen LogP contribution is 2.39. The molecule has 1 saturated heterocycles. The monoisotopic (exact) mass is 368 g/mol. The number of nitrogens with two attached hydrogens (primary N) is 1. The van der Waals surface area contributed by atoms with Crippen molar-refractivity contribution in [3.05, 3.63) is 35.5 Å². The Labute approximate surface area is 145 Å². The Morgan fingerprint density at radius 1 is 1.46 bits per heavy atom. The Morgan fingerprint density at radius 2 is 2.12 bits per heavy atom. The van der Waals surface area contributed by atoms with Crippen LogP contribution in [0.25, 0.3) is 0 Å². The number of fused-ring (bicyclic) bond motifs is 1. The summed E-state index contributed by atoms with van der Waals surface area (Å²) < 4.78 is 17.0. The van der Waals surface area contributed by atoms with Gasteiger partial charge in [0, 0.05) is 33.3 Å². The lowest BCUT2D eigenvalue weighted by molar-refractivity contribution is -0.148. The number of carbonyl (C=O) groups excluding carboxylic acids is 1. The number of rotatable bonds is 5. The summed E-state index contributed by atoms with van der Waals surface area (Å²) in [7, 11) is -1.07. The normalized spacial score (nSPS) is 24.2. The average Bonchev–Trinajstić information content (AvgIpc) is 2.58. The van der Waals surface area contributed by atoms with Gasteiger partial charge in [-0.05, 0) is 24.3 Å². The van der Waals surface area contributed by atoms with Crippen LogP contribution in [0, 0.1) is 0 Å². The largest absolute Gasteiger partial charge is 0.489 e. The molecule has 24 heavy (non-hydrogen) atoms. The molecule has 2 aliphatic heterocycles. The van der Waals surface area contributed by atoms with Gasteiger partial charge in [-0.15, -0.1) is 11.8 Å². The number of nitrogens with zero attached hydrogens (tertiary/aromatic N) is 1. The molecule has 2 aliphatic rings. The number of ether oxygens (including phenoxy) is 1. The molecule has 2 heterocycles. The first-order valence-corrected chi connectivity index (χ1v) is 9.72. The zero-order valence-corrected chi connectivity index (χ0v) is 14.4. The molecule has 1 fully saturated rings. The minimum Gasteiger partial charge on any atom is -0.489 e. The molecule has 2 unspecified atom stereocenters. The molecule has 1 amide bonds. The highest BCUT2D eigenvalue weighted by molar-refractivity contribution is 8.00. The summed E-state index contributed by atoms with van der Waals surface area (Å²) in [5, 5.41) is 9.12. The topological polar surface area (TPSA) is 110 Å². The molecule has 3 rings (SSSR count). The summed E-state index contributed by atoms with van der Waals surface area (Å²) in [5.74, 6) is -0.547. The van der Waals surface area contributed by atoms with Crippen molar-refractivity contribution < 1.29 is 23.6 Å². The van der Waals surface area contributed by atoms with E-state index in [0.29, 0.717) is 22.0 Å². The van der Waals surface area contributed by atoms with Crippen molar-refractivity contribution in [3.63, 3.8) is 0 Å². The zero-order chi connectivity index (χ0) is 17.4. The summed E-state index contributed by atoms with van der Waals surface area (Å²) in [6.45, 7) is 0.0644. The van der Waals surface area contributed by atoms with Crippen molar-refractivity contribution in [2.24, 2.45) is 5.73 Å². The molecule has 1 aromatic carbocycles. The summed E-state index contributed by atoms with van der Waals surface area (Å²) in [4.78, 5) is 25.3. The van der Waals surface area contributed by atoms with Crippen molar-refractivity contribution in [2.75, 3.05) is 18.6 Å². The number of benzene rings is 1. The zero-order valence-electron chi connectivity index (χ0n) is 12.8. The van der Waals surface area contributed by atoms with E-state index in [9.17, 15) is 18.9 Å². The molecular formula is C15H16N2O5S2. The van der Waals surface area contributed by atoms with Gasteiger partial charge in [-0.2, -0.15) is 0 Å². The number of aliphatic carboxylic acids is 1. The van der Waals surface area contributed by atoms with Gasteiger partial charge in [0.1, 0.15) is 29.5 Å². The van der Waals surface area contributed by atoms with Gasteiger partial charge in [0.25, 0.3) is 0 Å². The SMILES string of the molecule is CS(=O)c1ccc(OCC2=C(C(=O)O)N3C(=O)C(N)[C@H]3SC2)cc1. The molecule has 0 aromatic heterocycles. The van der Waals surface area contributed by atoms with Crippen LogP contribution >= 0.6 is 11.8 Å². The minimum atomic E-state index is -1.16. The molecule has 0 bridgehead atoms. The Hall–Kier alpha value is -1.84. The van der Waals surface area contributed by atoms with E-state index < -0.39 is 22.8 Å². The van der Waals surface area contributed by atoms with E-state index in [0.717, 1.165) is 0 Å². The molecule has 0 aliphatic carbocycles. The Kier molecular flexibility index (Phi) is 4.66. The fourth-order valence-corrected chi connectivity index (χ4v) is 4.38. The minimum absolute atomic E-state index is 0.0308.